The minimum Gasteiger partial charge on any atom is -0.481 e. The predicted molar refractivity (Wildman–Crippen MR) is 82.0 cm³/mol. The lowest BCUT2D eigenvalue weighted by Gasteiger charge is -2.33. The van der Waals surface area contributed by atoms with E-state index in [1.54, 1.807) is 0 Å². The summed E-state index contributed by atoms with van der Waals surface area (Å²) in [5, 5.41) is 11.3. The molecule has 23 heavy (non-hydrogen) atoms. The van der Waals surface area contributed by atoms with Crippen LogP contribution < -0.4 is 5.32 Å². The molecule has 128 valence electrons. The zero-order chi connectivity index (χ0) is 17.8. The number of hydrogen-bond acceptors (Lipinski definition) is 2. The Balaban J connectivity index is 2.96. The van der Waals surface area contributed by atoms with Crippen LogP contribution in [0.4, 0.5) is 13.6 Å². The zero-order valence-electron chi connectivity index (χ0n) is 13.7. The van der Waals surface area contributed by atoms with Crippen LogP contribution in [-0.2, 0) is 4.79 Å². The summed E-state index contributed by atoms with van der Waals surface area (Å²) in [6.07, 6.45) is -0.186. The average molecular weight is 328 g/mol. The van der Waals surface area contributed by atoms with E-state index in [0.29, 0.717) is 0 Å². The quantitative estimate of drug-likeness (QED) is 0.872. The number of rotatable bonds is 5. The third-order valence-electron chi connectivity index (χ3n) is 3.42. The van der Waals surface area contributed by atoms with Crippen molar-refractivity contribution in [3.63, 3.8) is 0 Å². The minimum atomic E-state index is -1.01. The standard InChI is InChI=1S/C16H22F2N2O3/c1-16(2,3)14(11-6-5-10(17)9-12(11)18)19-15(23)20(4)8-7-13(21)22/h5-6,9,14H,7-8H2,1-4H3,(H,19,23)(H,21,22). The van der Waals surface area contributed by atoms with E-state index in [0.717, 1.165) is 12.1 Å². The van der Waals surface area contributed by atoms with Gasteiger partial charge in [-0.05, 0) is 11.5 Å². The first-order valence-corrected chi connectivity index (χ1v) is 7.20. The maximum absolute atomic E-state index is 14.1. The molecular weight excluding hydrogens is 306 g/mol. The number of carboxylic acid groups (broad SMARTS) is 1. The molecule has 7 heteroatoms. The van der Waals surface area contributed by atoms with Gasteiger partial charge in [0.05, 0.1) is 12.5 Å². The summed E-state index contributed by atoms with van der Waals surface area (Å²) in [5.74, 6) is -2.44. The highest BCUT2D eigenvalue weighted by Gasteiger charge is 2.31. The van der Waals surface area contributed by atoms with Crippen molar-refractivity contribution >= 4 is 12.0 Å². The highest BCUT2D eigenvalue weighted by molar-refractivity contribution is 5.75. The fraction of sp³-hybridized carbons (Fsp3) is 0.500. The average Bonchev–Trinajstić information content (AvgIpc) is 2.41. The van der Waals surface area contributed by atoms with Crippen molar-refractivity contribution < 1.29 is 23.5 Å². The molecule has 0 saturated heterocycles. The van der Waals surface area contributed by atoms with Gasteiger partial charge in [-0.1, -0.05) is 26.8 Å². The first-order chi connectivity index (χ1) is 10.5. The molecule has 1 aromatic rings. The molecule has 0 fully saturated rings. The molecule has 0 bridgehead atoms. The van der Waals surface area contributed by atoms with Crippen LogP contribution in [0.3, 0.4) is 0 Å². The van der Waals surface area contributed by atoms with Crippen LogP contribution in [0.2, 0.25) is 0 Å². The molecule has 0 aromatic heterocycles. The lowest BCUT2D eigenvalue weighted by Crippen LogP contribution is -2.44. The Morgan fingerprint density at radius 3 is 2.39 bits per heavy atom. The molecule has 1 unspecified atom stereocenters. The van der Waals surface area contributed by atoms with Crippen molar-refractivity contribution in [1.29, 1.82) is 0 Å². The number of carbonyl (C=O) groups is 2. The van der Waals surface area contributed by atoms with Gasteiger partial charge in [0.15, 0.2) is 0 Å². The molecule has 1 atom stereocenters. The van der Waals surface area contributed by atoms with Crippen LogP contribution in [0.15, 0.2) is 18.2 Å². The van der Waals surface area contributed by atoms with E-state index in [1.807, 2.05) is 20.8 Å². The van der Waals surface area contributed by atoms with Gasteiger partial charge in [0.2, 0.25) is 0 Å². The smallest absolute Gasteiger partial charge is 0.317 e. The predicted octanol–water partition coefficient (Wildman–Crippen LogP) is 3.17. The van der Waals surface area contributed by atoms with Crippen molar-refractivity contribution in [2.75, 3.05) is 13.6 Å². The summed E-state index contributed by atoms with van der Waals surface area (Å²) in [7, 11) is 1.46. The topological polar surface area (TPSA) is 69.6 Å². The van der Waals surface area contributed by atoms with E-state index in [4.69, 9.17) is 5.11 Å². The second kappa shape index (κ2) is 7.39. The van der Waals surface area contributed by atoms with Crippen LogP contribution >= 0.6 is 0 Å². The summed E-state index contributed by atoms with van der Waals surface area (Å²) < 4.78 is 27.1. The highest BCUT2D eigenvalue weighted by atomic mass is 19.1. The Morgan fingerprint density at radius 2 is 1.91 bits per heavy atom. The number of nitrogens with one attached hydrogen (secondary N) is 1. The number of halogens is 2. The van der Waals surface area contributed by atoms with Crippen LogP contribution in [0.25, 0.3) is 0 Å². The van der Waals surface area contributed by atoms with Crippen molar-refractivity contribution in [3.8, 4) is 0 Å². The molecule has 0 saturated carbocycles. The molecule has 0 heterocycles. The molecule has 0 aliphatic heterocycles. The largest absolute Gasteiger partial charge is 0.481 e. The number of urea groups is 1. The van der Waals surface area contributed by atoms with Gasteiger partial charge >= 0.3 is 12.0 Å². The summed E-state index contributed by atoms with van der Waals surface area (Å²) >= 11 is 0. The number of carboxylic acids is 1. The SMILES string of the molecule is CN(CCC(=O)O)C(=O)NC(c1ccc(F)cc1F)C(C)(C)C. The monoisotopic (exact) mass is 328 g/mol. The molecular formula is C16H22F2N2O3. The van der Waals surface area contributed by atoms with Crippen LogP contribution in [0, 0.1) is 17.0 Å². The summed E-state index contributed by atoms with van der Waals surface area (Å²) in [6, 6.07) is 2.00. The Hall–Kier alpha value is -2.18. The molecule has 0 radical (unpaired) electrons. The number of nitrogens with zero attached hydrogens (tertiary/aromatic N) is 1. The van der Waals surface area contributed by atoms with Gasteiger partial charge in [-0.25, -0.2) is 13.6 Å². The summed E-state index contributed by atoms with van der Waals surface area (Å²) in [4.78, 5) is 24.0. The second-order valence-corrected chi connectivity index (χ2v) is 6.48. The van der Waals surface area contributed by atoms with Crippen molar-refractivity contribution in [2.24, 2.45) is 5.41 Å². The van der Waals surface area contributed by atoms with E-state index in [1.165, 1.54) is 18.0 Å². The van der Waals surface area contributed by atoms with Gasteiger partial charge in [0.25, 0.3) is 0 Å². The molecule has 5 nitrogen and oxygen atoms in total. The second-order valence-electron chi connectivity index (χ2n) is 6.48. The van der Waals surface area contributed by atoms with Gasteiger partial charge in [0.1, 0.15) is 11.6 Å². The Morgan fingerprint density at radius 1 is 1.30 bits per heavy atom. The lowest BCUT2D eigenvalue weighted by molar-refractivity contribution is -0.137. The number of hydrogen-bond donors (Lipinski definition) is 2. The molecule has 2 N–H and O–H groups in total. The maximum Gasteiger partial charge on any atom is 0.317 e. The van der Waals surface area contributed by atoms with E-state index in [-0.39, 0.29) is 18.5 Å². The van der Waals surface area contributed by atoms with Gasteiger partial charge in [-0.3, -0.25) is 4.79 Å². The third kappa shape index (κ3) is 5.50. The maximum atomic E-state index is 14.1. The highest BCUT2D eigenvalue weighted by Crippen LogP contribution is 2.34. The summed E-state index contributed by atoms with van der Waals surface area (Å²) in [6.45, 7) is 5.48. The fourth-order valence-electron chi connectivity index (χ4n) is 2.09. The van der Waals surface area contributed by atoms with Crippen LogP contribution in [0.1, 0.15) is 38.8 Å². The van der Waals surface area contributed by atoms with Gasteiger partial charge in [-0.2, -0.15) is 0 Å². The van der Waals surface area contributed by atoms with Crippen LogP contribution in [0.5, 0.6) is 0 Å². The lowest BCUT2D eigenvalue weighted by atomic mass is 9.82. The molecule has 1 rings (SSSR count). The van der Waals surface area contributed by atoms with Crippen molar-refractivity contribution in [2.45, 2.75) is 33.2 Å². The number of benzene rings is 1. The van der Waals surface area contributed by atoms with Crippen molar-refractivity contribution in [3.05, 3.63) is 35.4 Å². The molecule has 0 aliphatic rings. The van der Waals surface area contributed by atoms with Gasteiger partial charge < -0.3 is 15.3 Å². The Kier molecular flexibility index (Phi) is 6.06. The number of carbonyl (C=O) groups excluding carboxylic acids is 1. The normalized spacial score (nSPS) is 12.6. The molecule has 2 amide bonds. The van der Waals surface area contributed by atoms with Gasteiger partial charge in [0, 0.05) is 25.2 Å². The first-order valence-electron chi connectivity index (χ1n) is 7.20. The number of aliphatic carboxylic acids is 1. The third-order valence-corrected chi connectivity index (χ3v) is 3.42. The van der Waals surface area contributed by atoms with Crippen molar-refractivity contribution in [1.82, 2.24) is 10.2 Å². The van der Waals surface area contributed by atoms with E-state index in [2.05, 4.69) is 5.32 Å². The van der Waals surface area contributed by atoms with Crippen LogP contribution in [-0.4, -0.2) is 35.6 Å². The molecule has 0 spiro atoms. The van der Waals surface area contributed by atoms with E-state index in [9.17, 15) is 18.4 Å². The summed E-state index contributed by atoms with van der Waals surface area (Å²) in [5.41, 5.74) is -0.346. The van der Waals surface area contributed by atoms with Gasteiger partial charge in [-0.15, -0.1) is 0 Å². The minimum absolute atomic E-state index is 0.0317. The number of amides is 2. The Bertz CT molecular complexity index is 585. The Labute approximate surface area is 134 Å². The molecule has 1 aromatic carbocycles. The zero-order valence-corrected chi connectivity index (χ0v) is 13.7. The molecule has 0 aliphatic carbocycles. The fourth-order valence-corrected chi connectivity index (χ4v) is 2.09. The van der Waals surface area contributed by atoms with E-state index >= 15 is 0 Å². The first kappa shape index (κ1) is 18.9. The van der Waals surface area contributed by atoms with E-state index < -0.39 is 35.1 Å².